The standard InChI is InChI=1S/C10H13N3O2/c1-2-3-4-7-5-8-11-9(14)6-10(15)13(8)12-7/h5-6,15H,2-4H2,1H3,(H,11,14). The van der Waals surface area contributed by atoms with Crippen molar-refractivity contribution in [1.29, 1.82) is 0 Å². The lowest BCUT2D eigenvalue weighted by molar-refractivity contribution is 0.412. The van der Waals surface area contributed by atoms with Crippen LogP contribution in [0.1, 0.15) is 25.5 Å². The first-order valence-corrected chi connectivity index (χ1v) is 4.98. The third kappa shape index (κ3) is 1.86. The van der Waals surface area contributed by atoms with Crippen LogP contribution in [0.25, 0.3) is 5.65 Å². The second-order valence-electron chi connectivity index (χ2n) is 3.48. The summed E-state index contributed by atoms with van der Waals surface area (Å²) >= 11 is 0. The predicted octanol–water partition coefficient (Wildman–Crippen LogP) is 1.48. The normalized spacial score (nSPS) is 11.0. The summed E-state index contributed by atoms with van der Waals surface area (Å²) in [5, 5.41) is 22.9. The lowest BCUT2D eigenvalue weighted by atomic mass is 10.2. The van der Waals surface area contributed by atoms with Crippen LogP contribution in [0.2, 0.25) is 0 Å². The number of rotatable bonds is 3. The zero-order valence-corrected chi connectivity index (χ0v) is 8.51. The van der Waals surface area contributed by atoms with Crippen molar-refractivity contribution in [1.82, 2.24) is 14.6 Å². The highest BCUT2D eigenvalue weighted by molar-refractivity contribution is 5.44. The molecule has 2 aromatic rings. The Bertz CT molecular complexity index is 479. The van der Waals surface area contributed by atoms with Crippen molar-refractivity contribution in [2.75, 3.05) is 0 Å². The monoisotopic (exact) mass is 207 g/mol. The Morgan fingerprint density at radius 3 is 2.87 bits per heavy atom. The van der Waals surface area contributed by atoms with Gasteiger partial charge in [0.2, 0.25) is 11.8 Å². The molecule has 0 amide bonds. The fourth-order valence-corrected chi connectivity index (χ4v) is 1.47. The summed E-state index contributed by atoms with van der Waals surface area (Å²) in [6.45, 7) is 2.11. The maximum Gasteiger partial charge on any atom is 0.219 e. The fourth-order valence-electron chi connectivity index (χ4n) is 1.47. The Balaban J connectivity index is 2.41. The minimum absolute atomic E-state index is 0.0970. The van der Waals surface area contributed by atoms with Gasteiger partial charge in [0, 0.05) is 6.07 Å². The van der Waals surface area contributed by atoms with Crippen LogP contribution in [-0.2, 0) is 6.42 Å². The summed E-state index contributed by atoms with van der Waals surface area (Å²) in [6.07, 6.45) is 3.01. The minimum Gasteiger partial charge on any atom is -0.493 e. The Morgan fingerprint density at radius 1 is 1.33 bits per heavy atom. The highest BCUT2D eigenvalue weighted by Crippen LogP contribution is 2.18. The van der Waals surface area contributed by atoms with E-state index in [1.807, 2.05) is 0 Å². The van der Waals surface area contributed by atoms with Gasteiger partial charge in [-0.2, -0.15) is 14.6 Å². The Morgan fingerprint density at radius 2 is 2.13 bits per heavy atom. The molecule has 0 fully saturated rings. The van der Waals surface area contributed by atoms with Gasteiger partial charge in [-0.1, -0.05) is 13.3 Å². The van der Waals surface area contributed by atoms with Gasteiger partial charge in [0.1, 0.15) is 0 Å². The van der Waals surface area contributed by atoms with Crippen molar-refractivity contribution < 1.29 is 10.2 Å². The van der Waals surface area contributed by atoms with Crippen LogP contribution in [0.15, 0.2) is 12.1 Å². The summed E-state index contributed by atoms with van der Waals surface area (Å²) in [4.78, 5) is 3.86. The third-order valence-electron chi connectivity index (χ3n) is 2.23. The van der Waals surface area contributed by atoms with Gasteiger partial charge in [-0.3, -0.25) is 0 Å². The summed E-state index contributed by atoms with van der Waals surface area (Å²) in [7, 11) is 0. The number of aromatic hydroxyl groups is 2. The molecule has 5 nitrogen and oxygen atoms in total. The van der Waals surface area contributed by atoms with Gasteiger partial charge in [0.05, 0.1) is 11.8 Å². The molecule has 0 radical (unpaired) electrons. The molecule has 0 aliphatic heterocycles. The van der Waals surface area contributed by atoms with E-state index in [9.17, 15) is 10.2 Å². The number of hydrogen-bond donors (Lipinski definition) is 2. The minimum atomic E-state index is -0.193. The molecule has 0 aliphatic carbocycles. The largest absolute Gasteiger partial charge is 0.493 e. The fraction of sp³-hybridized carbons (Fsp3) is 0.400. The summed E-state index contributed by atoms with van der Waals surface area (Å²) in [5.41, 5.74) is 1.35. The van der Waals surface area contributed by atoms with Crippen molar-refractivity contribution in [3.63, 3.8) is 0 Å². The van der Waals surface area contributed by atoms with E-state index in [1.54, 1.807) is 6.07 Å². The topological polar surface area (TPSA) is 70.7 Å². The Labute approximate surface area is 87.0 Å². The molecule has 15 heavy (non-hydrogen) atoms. The molecule has 0 atom stereocenters. The Hall–Kier alpha value is -1.78. The molecular weight excluding hydrogens is 194 g/mol. The van der Waals surface area contributed by atoms with Crippen LogP contribution >= 0.6 is 0 Å². The molecule has 2 rings (SSSR count). The molecule has 0 saturated carbocycles. The molecule has 2 N–H and O–H groups in total. The van der Waals surface area contributed by atoms with Crippen LogP contribution in [-0.4, -0.2) is 24.8 Å². The van der Waals surface area contributed by atoms with Crippen molar-refractivity contribution in [2.45, 2.75) is 26.2 Å². The second kappa shape index (κ2) is 3.76. The first kappa shape index (κ1) is 9.76. The van der Waals surface area contributed by atoms with E-state index in [2.05, 4.69) is 17.0 Å². The second-order valence-corrected chi connectivity index (χ2v) is 3.48. The summed E-state index contributed by atoms with van der Waals surface area (Å²) < 4.78 is 1.32. The first-order chi connectivity index (χ1) is 7.20. The zero-order chi connectivity index (χ0) is 10.8. The third-order valence-corrected chi connectivity index (χ3v) is 2.23. The number of hydrogen-bond acceptors (Lipinski definition) is 4. The SMILES string of the molecule is CCCCc1cc2nc(O)cc(O)n2n1. The molecular formula is C10H13N3O2. The van der Waals surface area contributed by atoms with Gasteiger partial charge in [0.25, 0.3) is 0 Å². The van der Waals surface area contributed by atoms with Crippen molar-refractivity contribution in [3.8, 4) is 11.8 Å². The van der Waals surface area contributed by atoms with Crippen molar-refractivity contribution >= 4 is 5.65 Å². The molecule has 0 bridgehead atoms. The molecule has 5 heteroatoms. The average molecular weight is 207 g/mol. The molecule has 0 aliphatic rings. The maximum atomic E-state index is 9.49. The van der Waals surface area contributed by atoms with Crippen LogP contribution in [0.3, 0.4) is 0 Å². The molecule has 2 aromatic heterocycles. The number of unbranched alkanes of at least 4 members (excludes halogenated alkanes) is 1. The van der Waals surface area contributed by atoms with Gasteiger partial charge in [0.15, 0.2) is 5.65 Å². The van der Waals surface area contributed by atoms with Gasteiger partial charge in [-0.05, 0) is 12.8 Å². The van der Waals surface area contributed by atoms with E-state index in [4.69, 9.17) is 0 Å². The number of fused-ring (bicyclic) bond motifs is 1. The van der Waals surface area contributed by atoms with Crippen LogP contribution in [0, 0.1) is 0 Å². The number of aromatic nitrogens is 3. The first-order valence-electron chi connectivity index (χ1n) is 4.98. The lowest BCUT2D eigenvalue weighted by Gasteiger charge is -1.96. The smallest absolute Gasteiger partial charge is 0.219 e. The van der Waals surface area contributed by atoms with E-state index in [1.165, 1.54) is 10.6 Å². The van der Waals surface area contributed by atoms with E-state index in [0.717, 1.165) is 25.0 Å². The van der Waals surface area contributed by atoms with Gasteiger partial charge in [-0.25, -0.2) is 0 Å². The highest BCUT2D eigenvalue weighted by Gasteiger charge is 2.07. The molecule has 0 unspecified atom stereocenters. The van der Waals surface area contributed by atoms with Gasteiger partial charge >= 0.3 is 0 Å². The van der Waals surface area contributed by atoms with Crippen LogP contribution in [0.5, 0.6) is 11.8 Å². The van der Waals surface area contributed by atoms with Crippen molar-refractivity contribution in [2.24, 2.45) is 0 Å². The Kier molecular flexibility index (Phi) is 2.45. The maximum absolute atomic E-state index is 9.49. The van der Waals surface area contributed by atoms with E-state index in [0.29, 0.717) is 5.65 Å². The highest BCUT2D eigenvalue weighted by atomic mass is 16.3. The zero-order valence-electron chi connectivity index (χ0n) is 8.51. The lowest BCUT2D eigenvalue weighted by Crippen LogP contribution is -1.92. The van der Waals surface area contributed by atoms with Gasteiger partial charge < -0.3 is 10.2 Å². The van der Waals surface area contributed by atoms with Crippen LogP contribution in [0.4, 0.5) is 0 Å². The molecule has 2 heterocycles. The summed E-state index contributed by atoms with van der Waals surface area (Å²) in [6, 6.07) is 2.94. The number of nitrogens with zero attached hydrogens (tertiary/aromatic N) is 3. The van der Waals surface area contributed by atoms with E-state index >= 15 is 0 Å². The van der Waals surface area contributed by atoms with E-state index in [-0.39, 0.29) is 11.8 Å². The quantitative estimate of drug-likeness (QED) is 0.799. The molecule has 0 spiro atoms. The molecule has 0 aromatic carbocycles. The molecule has 80 valence electrons. The van der Waals surface area contributed by atoms with E-state index < -0.39 is 0 Å². The molecule has 0 saturated heterocycles. The summed E-state index contributed by atoms with van der Waals surface area (Å²) in [5.74, 6) is -0.290. The van der Waals surface area contributed by atoms with Crippen LogP contribution < -0.4 is 0 Å². The van der Waals surface area contributed by atoms with Gasteiger partial charge in [-0.15, -0.1) is 0 Å². The predicted molar refractivity (Wildman–Crippen MR) is 54.9 cm³/mol. The average Bonchev–Trinajstić information content (AvgIpc) is 2.57. The number of aryl methyl sites for hydroxylation is 1. The van der Waals surface area contributed by atoms with Crippen molar-refractivity contribution in [3.05, 3.63) is 17.8 Å².